The molecule has 1 aliphatic rings. The Bertz CT molecular complexity index is 511. The summed E-state index contributed by atoms with van der Waals surface area (Å²) in [6.45, 7) is 2.74. The van der Waals surface area contributed by atoms with E-state index in [1.165, 1.54) is 5.56 Å². The van der Waals surface area contributed by atoms with Gasteiger partial charge < -0.3 is 10.2 Å². The van der Waals surface area contributed by atoms with Crippen molar-refractivity contribution >= 4 is 17.5 Å². The Balaban J connectivity index is 1.85. The van der Waals surface area contributed by atoms with E-state index in [0.29, 0.717) is 19.4 Å². The fourth-order valence-electron chi connectivity index (χ4n) is 2.45. The first-order chi connectivity index (χ1) is 9.61. The smallest absolute Gasteiger partial charge is 0.231 e. The standard InChI is InChI=1S/C16H22N2O2/c1-3-4-5-15(19)17-9-8-12-6-7-14-13(10-12)11-16(20)18(14)2/h6-7,10H,3-5,8-9,11H2,1-2H3,(H,17,19). The molecule has 4 nitrogen and oxygen atoms in total. The van der Waals surface area contributed by atoms with Gasteiger partial charge in [0.05, 0.1) is 6.42 Å². The predicted octanol–water partition coefficient (Wildman–Crippen LogP) is 2.05. The molecule has 20 heavy (non-hydrogen) atoms. The number of rotatable bonds is 6. The lowest BCUT2D eigenvalue weighted by atomic mass is 10.1. The molecule has 1 aliphatic heterocycles. The largest absolute Gasteiger partial charge is 0.356 e. The van der Waals surface area contributed by atoms with Crippen molar-refractivity contribution in [2.75, 3.05) is 18.5 Å². The Morgan fingerprint density at radius 3 is 2.95 bits per heavy atom. The number of carbonyl (C=O) groups excluding carboxylic acids is 2. The third-order valence-electron chi connectivity index (χ3n) is 3.71. The molecular weight excluding hydrogens is 252 g/mol. The first-order valence-electron chi connectivity index (χ1n) is 7.27. The minimum Gasteiger partial charge on any atom is -0.356 e. The van der Waals surface area contributed by atoms with Crippen LogP contribution in [0.15, 0.2) is 18.2 Å². The third-order valence-corrected chi connectivity index (χ3v) is 3.71. The average molecular weight is 274 g/mol. The second-order valence-corrected chi connectivity index (χ2v) is 5.30. The quantitative estimate of drug-likeness (QED) is 0.863. The fourth-order valence-corrected chi connectivity index (χ4v) is 2.45. The van der Waals surface area contributed by atoms with E-state index in [9.17, 15) is 9.59 Å². The van der Waals surface area contributed by atoms with Crippen molar-refractivity contribution in [2.24, 2.45) is 0 Å². The first kappa shape index (κ1) is 14.6. The van der Waals surface area contributed by atoms with Crippen LogP contribution in [0.1, 0.15) is 37.3 Å². The topological polar surface area (TPSA) is 49.4 Å². The molecule has 1 aromatic carbocycles. The van der Waals surface area contributed by atoms with Crippen LogP contribution in [0.25, 0.3) is 0 Å². The highest BCUT2D eigenvalue weighted by atomic mass is 16.2. The van der Waals surface area contributed by atoms with Crippen LogP contribution < -0.4 is 10.2 Å². The molecule has 0 radical (unpaired) electrons. The highest BCUT2D eigenvalue weighted by molar-refractivity contribution is 6.00. The Morgan fingerprint density at radius 2 is 2.20 bits per heavy atom. The minimum atomic E-state index is 0.128. The summed E-state index contributed by atoms with van der Waals surface area (Å²) < 4.78 is 0. The third kappa shape index (κ3) is 3.38. The van der Waals surface area contributed by atoms with Crippen LogP contribution in [0.3, 0.4) is 0 Å². The monoisotopic (exact) mass is 274 g/mol. The number of hydrogen-bond donors (Lipinski definition) is 1. The van der Waals surface area contributed by atoms with Crippen molar-refractivity contribution in [3.63, 3.8) is 0 Å². The van der Waals surface area contributed by atoms with Gasteiger partial charge in [0.2, 0.25) is 11.8 Å². The molecule has 108 valence electrons. The van der Waals surface area contributed by atoms with Crippen LogP contribution >= 0.6 is 0 Å². The molecule has 0 saturated heterocycles. The molecule has 1 N–H and O–H groups in total. The highest BCUT2D eigenvalue weighted by Gasteiger charge is 2.23. The van der Waals surface area contributed by atoms with E-state index >= 15 is 0 Å². The summed E-state index contributed by atoms with van der Waals surface area (Å²) in [6, 6.07) is 6.11. The maximum Gasteiger partial charge on any atom is 0.231 e. The Kier molecular flexibility index (Phi) is 4.77. The molecule has 2 rings (SSSR count). The van der Waals surface area contributed by atoms with Gasteiger partial charge in [-0.25, -0.2) is 0 Å². The Labute approximate surface area is 120 Å². The summed E-state index contributed by atoms with van der Waals surface area (Å²) in [7, 11) is 1.81. The molecule has 4 heteroatoms. The lowest BCUT2D eigenvalue weighted by molar-refractivity contribution is -0.121. The number of benzene rings is 1. The molecule has 2 amide bonds. The van der Waals surface area contributed by atoms with Gasteiger partial charge in [0.25, 0.3) is 0 Å². The maximum atomic E-state index is 11.6. The van der Waals surface area contributed by atoms with Crippen molar-refractivity contribution in [1.29, 1.82) is 0 Å². The van der Waals surface area contributed by atoms with Gasteiger partial charge in [0, 0.05) is 25.7 Å². The van der Waals surface area contributed by atoms with E-state index in [2.05, 4.69) is 18.3 Å². The molecule has 0 fully saturated rings. The van der Waals surface area contributed by atoms with E-state index < -0.39 is 0 Å². The highest BCUT2D eigenvalue weighted by Crippen LogP contribution is 2.28. The van der Waals surface area contributed by atoms with Gasteiger partial charge in [-0.3, -0.25) is 9.59 Å². The fraction of sp³-hybridized carbons (Fsp3) is 0.500. The molecule has 0 bridgehead atoms. The number of nitrogens with one attached hydrogen (secondary N) is 1. The number of nitrogens with zero attached hydrogens (tertiary/aromatic N) is 1. The zero-order valence-corrected chi connectivity index (χ0v) is 12.2. The molecular formula is C16H22N2O2. The van der Waals surface area contributed by atoms with Crippen molar-refractivity contribution in [2.45, 2.75) is 39.0 Å². The summed E-state index contributed by atoms with van der Waals surface area (Å²) in [5.41, 5.74) is 3.26. The second kappa shape index (κ2) is 6.55. The molecule has 1 aromatic rings. The normalized spacial score (nSPS) is 13.5. The van der Waals surface area contributed by atoms with Crippen LogP contribution in [0, 0.1) is 0 Å². The van der Waals surface area contributed by atoms with Gasteiger partial charge in [-0.2, -0.15) is 0 Å². The van der Waals surface area contributed by atoms with E-state index in [1.807, 2.05) is 19.2 Å². The second-order valence-electron chi connectivity index (χ2n) is 5.30. The van der Waals surface area contributed by atoms with Gasteiger partial charge in [0.1, 0.15) is 0 Å². The number of hydrogen-bond acceptors (Lipinski definition) is 2. The molecule has 0 unspecified atom stereocenters. The number of likely N-dealkylation sites (N-methyl/N-ethyl adjacent to an activating group) is 1. The minimum absolute atomic E-state index is 0.128. The van der Waals surface area contributed by atoms with E-state index in [-0.39, 0.29) is 11.8 Å². The number of carbonyl (C=O) groups is 2. The predicted molar refractivity (Wildman–Crippen MR) is 79.8 cm³/mol. The zero-order valence-electron chi connectivity index (χ0n) is 12.2. The maximum absolute atomic E-state index is 11.6. The molecule has 0 saturated carbocycles. The number of unbranched alkanes of at least 4 members (excludes halogenated alkanes) is 1. The lowest BCUT2D eigenvalue weighted by Crippen LogP contribution is -2.25. The SMILES string of the molecule is CCCCC(=O)NCCc1ccc2c(c1)CC(=O)N2C. The van der Waals surface area contributed by atoms with Gasteiger partial charge >= 0.3 is 0 Å². The summed E-state index contributed by atoms with van der Waals surface area (Å²) in [6.07, 6.45) is 3.89. The van der Waals surface area contributed by atoms with E-state index in [4.69, 9.17) is 0 Å². The molecule has 1 heterocycles. The number of fused-ring (bicyclic) bond motifs is 1. The van der Waals surface area contributed by atoms with E-state index in [0.717, 1.165) is 30.5 Å². The molecule has 0 atom stereocenters. The van der Waals surface area contributed by atoms with Crippen LogP contribution in [-0.2, 0) is 22.4 Å². The van der Waals surface area contributed by atoms with Crippen molar-refractivity contribution < 1.29 is 9.59 Å². The van der Waals surface area contributed by atoms with Gasteiger partial charge in [0.15, 0.2) is 0 Å². The van der Waals surface area contributed by atoms with E-state index in [1.54, 1.807) is 4.90 Å². The lowest BCUT2D eigenvalue weighted by Gasteiger charge is -2.10. The Hall–Kier alpha value is -1.84. The number of amides is 2. The van der Waals surface area contributed by atoms with Crippen molar-refractivity contribution in [3.05, 3.63) is 29.3 Å². The summed E-state index contributed by atoms with van der Waals surface area (Å²) in [4.78, 5) is 24.8. The summed E-state index contributed by atoms with van der Waals surface area (Å²) in [5, 5.41) is 2.93. The van der Waals surface area contributed by atoms with Crippen LogP contribution in [0.2, 0.25) is 0 Å². The summed E-state index contributed by atoms with van der Waals surface area (Å²) in [5.74, 6) is 0.271. The first-order valence-corrected chi connectivity index (χ1v) is 7.27. The van der Waals surface area contributed by atoms with Crippen LogP contribution in [0.4, 0.5) is 5.69 Å². The van der Waals surface area contributed by atoms with Gasteiger partial charge in [-0.15, -0.1) is 0 Å². The average Bonchev–Trinajstić information content (AvgIpc) is 2.71. The van der Waals surface area contributed by atoms with Gasteiger partial charge in [-0.1, -0.05) is 25.5 Å². The van der Waals surface area contributed by atoms with Crippen molar-refractivity contribution in [1.82, 2.24) is 5.32 Å². The Morgan fingerprint density at radius 1 is 1.40 bits per heavy atom. The molecule has 0 spiro atoms. The molecule has 0 aliphatic carbocycles. The molecule has 0 aromatic heterocycles. The number of anilines is 1. The van der Waals surface area contributed by atoms with Crippen molar-refractivity contribution in [3.8, 4) is 0 Å². The zero-order chi connectivity index (χ0) is 14.5. The summed E-state index contributed by atoms with van der Waals surface area (Å²) >= 11 is 0. The van der Waals surface area contributed by atoms with Gasteiger partial charge in [-0.05, 0) is 30.0 Å². The van der Waals surface area contributed by atoms with Crippen LogP contribution in [0.5, 0.6) is 0 Å². The van der Waals surface area contributed by atoms with Crippen LogP contribution in [-0.4, -0.2) is 25.4 Å².